The molecular formula is C15H18N4O2. The molecule has 1 unspecified atom stereocenters. The molecule has 2 aromatic rings. The summed E-state index contributed by atoms with van der Waals surface area (Å²) in [7, 11) is 0. The molecule has 1 atom stereocenters. The summed E-state index contributed by atoms with van der Waals surface area (Å²) in [6.07, 6.45) is 2.18. The van der Waals surface area contributed by atoms with Crippen LogP contribution in [0.3, 0.4) is 0 Å². The van der Waals surface area contributed by atoms with E-state index < -0.39 is 0 Å². The van der Waals surface area contributed by atoms with Gasteiger partial charge in [0.05, 0.1) is 29.4 Å². The molecular weight excluding hydrogens is 268 g/mol. The van der Waals surface area contributed by atoms with Crippen molar-refractivity contribution in [1.82, 2.24) is 15.3 Å². The van der Waals surface area contributed by atoms with E-state index in [-0.39, 0.29) is 17.7 Å². The van der Waals surface area contributed by atoms with Gasteiger partial charge in [-0.2, -0.15) is 0 Å². The Kier molecular flexibility index (Phi) is 3.39. The van der Waals surface area contributed by atoms with Crippen molar-refractivity contribution >= 4 is 11.6 Å². The highest BCUT2D eigenvalue weighted by molar-refractivity contribution is 5.96. The highest BCUT2D eigenvalue weighted by Crippen LogP contribution is 2.29. The van der Waals surface area contributed by atoms with Gasteiger partial charge in [-0.1, -0.05) is 6.07 Å². The average molecular weight is 286 g/mol. The molecule has 1 aliphatic heterocycles. The molecule has 0 aliphatic carbocycles. The summed E-state index contributed by atoms with van der Waals surface area (Å²) in [5.41, 5.74) is 4.13. The normalized spacial score (nSPS) is 17.3. The highest BCUT2D eigenvalue weighted by Gasteiger charge is 2.26. The summed E-state index contributed by atoms with van der Waals surface area (Å²) in [6.45, 7) is 4.33. The lowest BCUT2D eigenvalue weighted by Crippen LogP contribution is -2.44. The Bertz CT molecular complexity index is 693. The van der Waals surface area contributed by atoms with E-state index in [0.717, 1.165) is 22.5 Å². The average Bonchev–Trinajstić information content (AvgIpc) is 2.91. The second-order valence-corrected chi connectivity index (χ2v) is 5.43. The third-order valence-corrected chi connectivity index (χ3v) is 3.75. The summed E-state index contributed by atoms with van der Waals surface area (Å²) in [5, 5.41) is 16.0. The number of aromatic nitrogens is 2. The van der Waals surface area contributed by atoms with E-state index in [1.165, 1.54) is 0 Å². The first kappa shape index (κ1) is 13.6. The van der Waals surface area contributed by atoms with E-state index in [9.17, 15) is 9.90 Å². The second kappa shape index (κ2) is 5.21. The molecule has 0 bridgehead atoms. The number of hydrogen-bond acceptors (Lipinski definition) is 4. The minimum atomic E-state index is -0.346. The fourth-order valence-corrected chi connectivity index (χ4v) is 2.63. The van der Waals surface area contributed by atoms with Crippen molar-refractivity contribution in [3.63, 3.8) is 0 Å². The number of carbonyl (C=O) groups is 1. The zero-order valence-corrected chi connectivity index (χ0v) is 12.0. The van der Waals surface area contributed by atoms with Gasteiger partial charge in [-0.25, -0.2) is 4.98 Å². The molecule has 2 heterocycles. The molecule has 0 fully saturated rings. The lowest BCUT2D eigenvalue weighted by atomic mass is 10.0. The van der Waals surface area contributed by atoms with Gasteiger partial charge in [0.1, 0.15) is 5.75 Å². The van der Waals surface area contributed by atoms with Crippen molar-refractivity contribution in [3.8, 4) is 5.75 Å². The number of anilines is 1. The molecule has 1 amide bonds. The molecule has 21 heavy (non-hydrogen) atoms. The van der Waals surface area contributed by atoms with Gasteiger partial charge in [-0.05, 0) is 31.0 Å². The maximum Gasteiger partial charge on any atom is 0.242 e. The number of H-pyrrole nitrogens is 1. The van der Waals surface area contributed by atoms with Crippen molar-refractivity contribution in [2.75, 3.05) is 5.32 Å². The van der Waals surface area contributed by atoms with E-state index in [2.05, 4.69) is 20.6 Å². The van der Waals surface area contributed by atoms with Gasteiger partial charge in [0.25, 0.3) is 0 Å². The van der Waals surface area contributed by atoms with E-state index in [1.807, 2.05) is 19.9 Å². The Hall–Kier alpha value is -2.34. The largest absolute Gasteiger partial charge is 0.505 e. The SMILES string of the molecule is Cc1cc(C)c(O)c(NC(=O)C2Cc3nc[nH]c3CN2)c1. The molecule has 1 aliphatic rings. The molecule has 6 nitrogen and oxygen atoms in total. The minimum absolute atomic E-state index is 0.116. The van der Waals surface area contributed by atoms with Crippen LogP contribution < -0.4 is 10.6 Å². The van der Waals surface area contributed by atoms with E-state index in [4.69, 9.17) is 0 Å². The quantitative estimate of drug-likeness (QED) is 0.628. The number of aromatic amines is 1. The van der Waals surface area contributed by atoms with Crippen LogP contribution in [0.1, 0.15) is 22.5 Å². The topological polar surface area (TPSA) is 90.0 Å². The van der Waals surface area contributed by atoms with Crippen LogP contribution in [-0.4, -0.2) is 27.0 Å². The first-order valence-electron chi connectivity index (χ1n) is 6.90. The number of aryl methyl sites for hydroxylation is 2. The third kappa shape index (κ3) is 2.62. The number of phenols is 1. The Morgan fingerprint density at radius 1 is 1.43 bits per heavy atom. The van der Waals surface area contributed by atoms with Crippen LogP contribution in [0.15, 0.2) is 18.5 Å². The second-order valence-electron chi connectivity index (χ2n) is 5.43. The number of hydrogen-bond donors (Lipinski definition) is 4. The molecule has 3 rings (SSSR count). The van der Waals surface area contributed by atoms with Crippen LogP contribution in [0, 0.1) is 13.8 Å². The molecule has 4 N–H and O–H groups in total. The zero-order chi connectivity index (χ0) is 15.0. The molecule has 1 aromatic carbocycles. The number of phenolic OH excluding ortho intramolecular Hbond substituents is 1. The lowest BCUT2D eigenvalue weighted by molar-refractivity contribution is -0.118. The van der Waals surface area contributed by atoms with Crippen molar-refractivity contribution in [3.05, 3.63) is 41.0 Å². The van der Waals surface area contributed by atoms with Gasteiger partial charge in [-0.3, -0.25) is 10.1 Å². The monoisotopic (exact) mass is 286 g/mol. The fourth-order valence-electron chi connectivity index (χ4n) is 2.63. The van der Waals surface area contributed by atoms with Gasteiger partial charge in [-0.15, -0.1) is 0 Å². The summed E-state index contributed by atoms with van der Waals surface area (Å²) in [5.74, 6) is -0.0471. The van der Waals surface area contributed by atoms with Gasteiger partial charge in [0.15, 0.2) is 0 Å². The first-order chi connectivity index (χ1) is 10.0. The summed E-state index contributed by atoms with van der Waals surface area (Å²) in [6, 6.07) is 3.30. The Labute approximate surface area is 122 Å². The van der Waals surface area contributed by atoms with E-state index in [0.29, 0.717) is 18.7 Å². The number of nitrogens with one attached hydrogen (secondary N) is 3. The van der Waals surface area contributed by atoms with Crippen molar-refractivity contribution < 1.29 is 9.90 Å². The van der Waals surface area contributed by atoms with Crippen LogP contribution in [0.2, 0.25) is 0 Å². The van der Waals surface area contributed by atoms with Crippen LogP contribution in [0.4, 0.5) is 5.69 Å². The van der Waals surface area contributed by atoms with Crippen LogP contribution in [0.5, 0.6) is 5.75 Å². The number of carbonyl (C=O) groups excluding carboxylic acids is 1. The van der Waals surface area contributed by atoms with Crippen molar-refractivity contribution in [1.29, 1.82) is 0 Å². The van der Waals surface area contributed by atoms with Gasteiger partial charge >= 0.3 is 0 Å². The van der Waals surface area contributed by atoms with E-state index >= 15 is 0 Å². The Morgan fingerprint density at radius 2 is 2.24 bits per heavy atom. The number of imidazole rings is 1. The smallest absolute Gasteiger partial charge is 0.242 e. The van der Waals surface area contributed by atoms with Crippen LogP contribution in [0.25, 0.3) is 0 Å². The molecule has 1 aromatic heterocycles. The third-order valence-electron chi connectivity index (χ3n) is 3.75. The van der Waals surface area contributed by atoms with Gasteiger partial charge < -0.3 is 15.4 Å². The minimum Gasteiger partial charge on any atom is -0.505 e. The van der Waals surface area contributed by atoms with Crippen LogP contribution >= 0.6 is 0 Å². The summed E-state index contributed by atoms with van der Waals surface area (Å²) in [4.78, 5) is 19.6. The molecule has 0 saturated heterocycles. The van der Waals surface area contributed by atoms with Gasteiger partial charge in [0, 0.05) is 13.0 Å². The van der Waals surface area contributed by atoms with E-state index in [1.54, 1.807) is 12.4 Å². The number of rotatable bonds is 2. The fraction of sp³-hybridized carbons (Fsp3) is 0.333. The number of aromatic hydroxyl groups is 1. The maximum atomic E-state index is 12.4. The summed E-state index contributed by atoms with van der Waals surface area (Å²) < 4.78 is 0. The predicted octanol–water partition coefficient (Wildman–Crippen LogP) is 1.39. The molecule has 0 saturated carbocycles. The standard InChI is InChI=1S/C15H18N4O2/c1-8-3-9(2)14(20)11(4-8)19-15(21)12-5-10-13(6-16-12)18-7-17-10/h3-4,7,12,16,20H,5-6H2,1-2H3,(H,17,18)(H,19,21). The Morgan fingerprint density at radius 3 is 3.05 bits per heavy atom. The Balaban J connectivity index is 1.76. The molecule has 110 valence electrons. The zero-order valence-electron chi connectivity index (χ0n) is 12.0. The lowest BCUT2D eigenvalue weighted by Gasteiger charge is -2.22. The molecule has 6 heteroatoms. The first-order valence-corrected chi connectivity index (χ1v) is 6.90. The highest BCUT2D eigenvalue weighted by atomic mass is 16.3. The van der Waals surface area contributed by atoms with Crippen LogP contribution in [-0.2, 0) is 17.8 Å². The maximum absolute atomic E-state index is 12.4. The molecule has 0 spiro atoms. The van der Waals surface area contributed by atoms with Gasteiger partial charge in [0.2, 0.25) is 5.91 Å². The summed E-state index contributed by atoms with van der Waals surface area (Å²) >= 11 is 0. The molecule has 0 radical (unpaired) electrons. The number of benzene rings is 1. The van der Waals surface area contributed by atoms with Crippen molar-refractivity contribution in [2.45, 2.75) is 32.9 Å². The predicted molar refractivity (Wildman–Crippen MR) is 79.1 cm³/mol. The number of amides is 1. The van der Waals surface area contributed by atoms with Crippen molar-refractivity contribution in [2.24, 2.45) is 0 Å². The number of fused-ring (bicyclic) bond motifs is 1. The number of nitrogens with zero attached hydrogens (tertiary/aromatic N) is 1.